The molecule has 1 aliphatic heterocycles. The molecule has 174 valence electrons. The van der Waals surface area contributed by atoms with Gasteiger partial charge < -0.3 is 10.1 Å². The fourth-order valence-electron chi connectivity index (χ4n) is 3.26. The number of thioether (sulfide) groups is 1. The molecule has 1 aromatic carbocycles. The van der Waals surface area contributed by atoms with Crippen LogP contribution in [0.25, 0.3) is 0 Å². The number of esters is 1. The number of benzene rings is 1. The number of carbonyl (C=O) groups excluding carboxylic acids is 2. The highest BCUT2D eigenvalue weighted by Gasteiger charge is 2.26. The number of hydrogen-bond donors (Lipinski definition) is 1. The van der Waals surface area contributed by atoms with E-state index in [1.807, 2.05) is 6.92 Å². The van der Waals surface area contributed by atoms with E-state index in [1.54, 1.807) is 24.4 Å². The lowest BCUT2D eigenvalue weighted by Gasteiger charge is -2.26. The molecule has 8 nitrogen and oxygen atoms in total. The fraction of sp³-hybridized carbons (Fsp3) is 0.476. The molecule has 1 aromatic heterocycles. The predicted octanol–water partition coefficient (Wildman–Crippen LogP) is 3.46. The number of aromatic nitrogens is 1. The molecule has 0 spiro atoms. The van der Waals surface area contributed by atoms with Crippen LogP contribution in [0.3, 0.4) is 0 Å². The van der Waals surface area contributed by atoms with E-state index in [2.05, 4.69) is 10.3 Å². The van der Waals surface area contributed by atoms with Crippen LogP contribution in [-0.4, -0.2) is 55.0 Å². The lowest BCUT2D eigenvalue weighted by molar-refractivity contribution is -0.142. The summed E-state index contributed by atoms with van der Waals surface area (Å²) in [6.07, 6.45) is 2.88. The summed E-state index contributed by atoms with van der Waals surface area (Å²) >= 11 is 2.63. The van der Waals surface area contributed by atoms with Crippen LogP contribution in [0.4, 0.5) is 5.69 Å². The first-order valence-electron chi connectivity index (χ1n) is 10.4. The van der Waals surface area contributed by atoms with Crippen molar-refractivity contribution < 1.29 is 22.7 Å². The molecule has 1 saturated heterocycles. The Hall–Kier alpha value is -1.95. The highest BCUT2D eigenvalue weighted by Crippen LogP contribution is 2.26. The Morgan fingerprint density at radius 3 is 2.72 bits per heavy atom. The van der Waals surface area contributed by atoms with E-state index in [1.165, 1.54) is 33.5 Å². The molecule has 2 heterocycles. The average Bonchev–Trinajstić information content (AvgIpc) is 3.21. The SMILES string of the molecule is CCOC(=O)Cc1csc(SCC(=O)Nc2cc(S(=O)(=O)N3CCCCC3)ccc2C)n1. The molecule has 1 N–H and O–H groups in total. The summed E-state index contributed by atoms with van der Waals surface area (Å²) < 4.78 is 33.0. The average molecular weight is 498 g/mol. The van der Waals surface area contributed by atoms with Crippen LogP contribution in [0.2, 0.25) is 0 Å². The standard InChI is InChI=1S/C21H27N3O5S3/c1-3-29-20(26)11-16-13-30-21(22-16)31-14-19(25)23-18-12-17(8-7-15(18)2)32(27,28)24-9-5-4-6-10-24/h7-8,12-13H,3-6,9-11,14H2,1-2H3,(H,23,25). The maximum Gasteiger partial charge on any atom is 0.311 e. The molecule has 2 aromatic rings. The molecule has 0 saturated carbocycles. The summed E-state index contributed by atoms with van der Waals surface area (Å²) in [7, 11) is -3.57. The van der Waals surface area contributed by atoms with Gasteiger partial charge in [0.1, 0.15) is 0 Å². The summed E-state index contributed by atoms with van der Waals surface area (Å²) in [5, 5.41) is 4.59. The number of nitrogens with zero attached hydrogens (tertiary/aromatic N) is 2. The van der Waals surface area contributed by atoms with Gasteiger partial charge in [0, 0.05) is 24.2 Å². The number of rotatable bonds is 9. The van der Waals surface area contributed by atoms with Gasteiger partial charge in [-0.2, -0.15) is 4.31 Å². The Bertz CT molecular complexity index is 1060. The molecule has 1 fully saturated rings. The maximum absolute atomic E-state index is 12.9. The first-order chi connectivity index (χ1) is 15.3. The molecular formula is C21H27N3O5S3. The van der Waals surface area contributed by atoms with E-state index in [-0.39, 0.29) is 28.9 Å². The Morgan fingerprint density at radius 1 is 1.25 bits per heavy atom. The normalized spacial score (nSPS) is 14.8. The minimum absolute atomic E-state index is 0.106. The smallest absolute Gasteiger partial charge is 0.311 e. The minimum Gasteiger partial charge on any atom is -0.466 e. The van der Waals surface area contributed by atoms with Crippen molar-refractivity contribution in [1.29, 1.82) is 0 Å². The van der Waals surface area contributed by atoms with Crippen molar-refractivity contribution in [1.82, 2.24) is 9.29 Å². The first-order valence-corrected chi connectivity index (χ1v) is 13.7. The third kappa shape index (κ3) is 6.53. The topological polar surface area (TPSA) is 106 Å². The number of carbonyl (C=O) groups is 2. The number of piperidine rings is 1. The third-order valence-corrected chi connectivity index (χ3v) is 8.89. The molecule has 11 heteroatoms. The summed E-state index contributed by atoms with van der Waals surface area (Å²) in [6.45, 7) is 4.95. The largest absolute Gasteiger partial charge is 0.466 e. The van der Waals surface area contributed by atoms with Gasteiger partial charge in [0.2, 0.25) is 15.9 Å². The number of anilines is 1. The predicted molar refractivity (Wildman–Crippen MR) is 126 cm³/mol. The highest BCUT2D eigenvalue weighted by atomic mass is 32.2. The Kier molecular flexibility index (Phi) is 8.69. The van der Waals surface area contributed by atoms with Gasteiger partial charge in [-0.3, -0.25) is 9.59 Å². The van der Waals surface area contributed by atoms with Crippen molar-refractivity contribution in [2.75, 3.05) is 30.8 Å². The third-order valence-electron chi connectivity index (χ3n) is 4.92. The van der Waals surface area contributed by atoms with Crippen molar-refractivity contribution in [2.45, 2.75) is 48.8 Å². The van der Waals surface area contributed by atoms with Gasteiger partial charge in [-0.1, -0.05) is 24.2 Å². The molecular weight excluding hydrogens is 470 g/mol. The number of aryl methyl sites for hydroxylation is 1. The quantitative estimate of drug-likeness (QED) is 0.418. The van der Waals surface area contributed by atoms with Crippen LogP contribution in [0.1, 0.15) is 37.4 Å². The molecule has 0 aliphatic carbocycles. The molecule has 1 amide bonds. The number of amides is 1. The second-order valence-corrected chi connectivity index (χ2v) is 11.4. The van der Waals surface area contributed by atoms with E-state index in [9.17, 15) is 18.0 Å². The van der Waals surface area contributed by atoms with Gasteiger partial charge in [0.15, 0.2) is 4.34 Å². The van der Waals surface area contributed by atoms with Crippen molar-refractivity contribution in [3.63, 3.8) is 0 Å². The summed E-state index contributed by atoms with van der Waals surface area (Å²) in [4.78, 5) is 28.6. The number of ether oxygens (including phenoxy) is 1. The van der Waals surface area contributed by atoms with Gasteiger partial charge in [0.25, 0.3) is 0 Å². The molecule has 0 bridgehead atoms. The Balaban J connectivity index is 1.60. The second kappa shape index (κ2) is 11.3. The van der Waals surface area contributed by atoms with E-state index in [0.717, 1.165) is 24.8 Å². The van der Waals surface area contributed by atoms with Crippen molar-refractivity contribution >= 4 is 50.7 Å². The molecule has 0 radical (unpaired) electrons. The van der Waals surface area contributed by atoms with Gasteiger partial charge >= 0.3 is 5.97 Å². The molecule has 0 atom stereocenters. The zero-order chi connectivity index (χ0) is 23.1. The lowest BCUT2D eigenvalue weighted by Crippen LogP contribution is -2.35. The number of hydrogen-bond acceptors (Lipinski definition) is 8. The summed E-state index contributed by atoms with van der Waals surface area (Å²) in [5.41, 5.74) is 1.88. The fourth-order valence-corrected chi connectivity index (χ4v) is 6.45. The number of nitrogens with one attached hydrogen (secondary N) is 1. The molecule has 32 heavy (non-hydrogen) atoms. The monoisotopic (exact) mass is 497 g/mol. The van der Waals surface area contributed by atoms with Gasteiger partial charge in [0.05, 0.1) is 29.4 Å². The first kappa shape index (κ1) is 24.7. The van der Waals surface area contributed by atoms with Crippen molar-refractivity contribution in [2.24, 2.45) is 0 Å². The van der Waals surface area contributed by atoms with E-state index in [4.69, 9.17) is 4.74 Å². The van der Waals surface area contributed by atoms with Crippen LogP contribution in [0.5, 0.6) is 0 Å². The van der Waals surface area contributed by atoms with Gasteiger partial charge in [-0.15, -0.1) is 11.3 Å². The number of thiazole rings is 1. The van der Waals surface area contributed by atoms with Gasteiger partial charge in [-0.25, -0.2) is 13.4 Å². The molecule has 1 aliphatic rings. The van der Waals surface area contributed by atoms with Gasteiger partial charge in [-0.05, 0) is 44.4 Å². The zero-order valence-electron chi connectivity index (χ0n) is 18.1. The minimum atomic E-state index is -3.57. The Morgan fingerprint density at radius 2 is 2.00 bits per heavy atom. The van der Waals surface area contributed by atoms with Crippen LogP contribution < -0.4 is 5.32 Å². The van der Waals surface area contributed by atoms with Crippen LogP contribution >= 0.6 is 23.1 Å². The van der Waals surface area contributed by atoms with E-state index >= 15 is 0 Å². The molecule has 0 unspecified atom stereocenters. The Labute approximate surface area is 196 Å². The van der Waals surface area contributed by atoms with E-state index in [0.29, 0.717) is 35.4 Å². The van der Waals surface area contributed by atoms with Crippen molar-refractivity contribution in [3.05, 3.63) is 34.8 Å². The summed E-state index contributed by atoms with van der Waals surface area (Å²) in [6, 6.07) is 4.83. The van der Waals surface area contributed by atoms with Crippen molar-refractivity contribution in [3.8, 4) is 0 Å². The summed E-state index contributed by atoms with van der Waals surface area (Å²) in [5.74, 6) is -0.468. The lowest BCUT2D eigenvalue weighted by atomic mass is 10.2. The van der Waals surface area contributed by atoms with Crippen LogP contribution in [-0.2, 0) is 30.8 Å². The zero-order valence-corrected chi connectivity index (χ0v) is 20.6. The van der Waals surface area contributed by atoms with Crippen LogP contribution in [0, 0.1) is 6.92 Å². The maximum atomic E-state index is 12.9. The van der Waals surface area contributed by atoms with Crippen LogP contribution in [0.15, 0.2) is 32.8 Å². The van der Waals surface area contributed by atoms with E-state index < -0.39 is 10.0 Å². The highest BCUT2D eigenvalue weighted by molar-refractivity contribution is 8.01. The number of sulfonamides is 1. The molecule has 3 rings (SSSR count). The second-order valence-electron chi connectivity index (χ2n) is 7.36.